The van der Waals surface area contributed by atoms with Gasteiger partial charge in [-0.25, -0.2) is 9.59 Å². The van der Waals surface area contributed by atoms with Crippen LogP contribution in [0.3, 0.4) is 0 Å². The molecule has 3 heterocycles. The molecule has 0 saturated carbocycles. The van der Waals surface area contributed by atoms with E-state index in [1.54, 1.807) is 7.11 Å². The number of ether oxygens (including phenoxy) is 2. The Kier molecular flexibility index (Phi) is 3.83. The van der Waals surface area contributed by atoms with Crippen LogP contribution in [0.5, 0.6) is 5.06 Å². The summed E-state index contributed by atoms with van der Waals surface area (Å²) in [5.74, 6) is -1.53. The number of hydrogen-bond acceptors (Lipinski definition) is 6. The van der Waals surface area contributed by atoms with E-state index in [1.165, 1.54) is 11.3 Å². The van der Waals surface area contributed by atoms with Gasteiger partial charge in [0.2, 0.25) is 0 Å². The molecule has 2 aromatic carbocycles. The SMILES string of the molecule is COc1sc2ccccc2c1C1=C(C2c3ccccc3NC2(C)C)C(=O)OC1=O. The number of carbonyl (C=O) groups is 2. The summed E-state index contributed by atoms with van der Waals surface area (Å²) in [6.45, 7) is 4.06. The molecule has 1 N–H and O–H groups in total. The summed E-state index contributed by atoms with van der Waals surface area (Å²) in [5, 5.41) is 4.97. The second-order valence-corrected chi connectivity index (χ2v) is 8.81. The third-order valence-electron chi connectivity index (χ3n) is 5.62. The summed E-state index contributed by atoms with van der Waals surface area (Å²) in [5.41, 5.74) is 2.81. The Balaban J connectivity index is 1.84. The lowest BCUT2D eigenvalue weighted by molar-refractivity contribution is -0.150. The minimum absolute atomic E-state index is 0.306. The number of methoxy groups -OCH3 is 1. The largest absolute Gasteiger partial charge is 0.487 e. The summed E-state index contributed by atoms with van der Waals surface area (Å²) < 4.78 is 11.7. The zero-order chi connectivity index (χ0) is 20.3. The number of fused-ring (bicyclic) bond motifs is 2. The zero-order valence-corrected chi connectivity index (χ0v) is 17.1. The average Bonchev–Trinajstić information content (AvgIpc) is 3.28. The van der Waals surface area contributed by atoms with Gasteiger partial charge < -0.3 is 14.8 Å². The molecule has 146 valence electrons. The van der Waals surface area contributed by atoms with E-state index in [2.05, 4.69) is 5.32 Å². The molecule has 5 nitrogen and oxygen atoms in total. The van der Waals surface area contributed by atoms with Gasteiger partial charge in [-0.1, -0.05) is 47.7 Å². The molecule has 0 amide bonds. The first kappa shape index (κ1) is 17.9. The van der Waals surface area contributed by atoms with Crippen LogP contribution in [-0.4, -0.2) is 24.6 Å². The van der Waals surface area contributed by atoms with Crippen molar-refractivity contribution in [2.75, 3.05) is 12.4 Å². The fraction of sp³-hybridized carbons (Fsp3) is 0.217. The monoisotopic (exact) mass is 405 g/mol. The summed E-state index contributed by atoms with van der Waals surface area (Å²) in [4.78, 5) is 25.9. The predicted octanol–water partition coefficient (Wildman–Crippen LogP) is 4.73. The van der Waals surface area contributed by atoms with E-state index in [4.69, 9.17) is 9.47 Å². The number of rotatable bonds is 3. The molecule has 5 rings (SSSR count). The number of carbonyl (C=O) groups excluding carboxylic acids is 2. The van der Waals surface area contributed by atoms with Crippen molar-refractivity contribution in [3.8, 4) is 5.06 Å². The summed E-state index contributed by atoms with van der Waals surface area (Å²) in [6.07, 6.45) is 0. The van der Waals surface area contributed by atoms with Crippen LogP contribution >= 0.6 is 11.3 Å². The van der Waals surface area contributed by atoms with Crippen LogP contribution in [0.4, 0.5) is 5.69 Å². The molecule has 2 aliphatic rings. The fourth-order valence-electron chi connectivity index (χ4n) is 4.49. The Bertz CT molecular complexity index is 1220. The second kappa shape index (κ2) is 6.19. The van der Waals surface area contributed by atoms with Gasteiger partial charge in [0.25, 0.3) is 0 Å². The van der Waals surface area contributed by atoms with Crippen LogP contribution in [0.15, 0.2) is 54.1 Å². The molecule has 3 aromatic rings. The van der Waals surface area contributed by atoms with Crippen molar-refractivity contribution in [3.63, 3.8) is 0 Å². The molecule has 0 fully saturated rings. The van der Waals surface area contributed by atoms with Crippen molar-refractivity contribution >= 4 is 44.6 Å². The number of benzene rings is 2. The maximum atomic E-state index is 12.9. The highest BCUT2D eigenvalue weighted by Crippen LogP contribution is 2.52. The van der Waals surface area contributed by atoms with Gasteiger partial charge >= 0.3 is 11.9 Å². The second-order valence-electron chi connectivity index (χ2n) is 7.80. The van der Waals surface area contributed by atoms with Gasteiger partial charge in [-0.05, 0) is 31.5 Å². The maximum Gasteiger partial charge on any atom is 0.347 e. The highest BCUT2D eigenvalue weighted by atomic mass is 32.1. The molecule has 29 heavy (non-hydrogen) atoms. The lowest BCUT2D eigenvalue weighted by atomic mass is 9.77. The Morgan fingerprint density at radius 3 is 2.55 bits per heavy atom. The van der Waals surface area contributed by atoms with Crippen molar-refractivity contribution in [1.29, 1.82) is 0 Å². The first-order valence-corrected chi connectivity index (χ1v) is 10.2. The Labute approximate surface area is 171 Å². The minimum Gasteiger partial charge on any atom is -0.487 e. The van der Waals surface area contributed by atoms with E-state index in [0.29, 0.717) is 21.8 Å². The van der Waals surface area contributed by atoms with E-state index in [9.17, 15) is 9.59 Å². The quantitative estimate of drug-likeness (QED) is 0.504. The summed E-state index contributed by atoms with van der Waals surface area (Å²) >= 11 is 1.45. The van der Waals surface area contributed by atoms with Gasteiger partial charge in [-0.3, -0.25) is 0 Å². The maximum absolute atomic E-state index is 12.9. The van der Waals surface area contributed by atoms with Gasteiger partial charge in [-0.2, -0.15) is 0 Å². The number of esters is 2. The van der Waals surface area contributed by atoms with Crippen LogP contribution in [0.2, 0.25) is 0 Å². The lowest BCUT2D eigenvalue weighted by Gasteiger charge is -2.28. The molecule has 2 aliphatic heterocycles. The highest BCUT2D eigenvalue weighted by molar-refractivity contribution is 7.21. The van der Waals surface area contributed by atoms with E-state index in [0.717, 1.165) is 21.3 Å². The van der Waals surface area contributed by atoms with Gasteiger partial charge in [0, 0.05) is 27.2 Å². The molecule has 0 aliphatic carbocycles. The number of cyclic esters (lactones) is 2. The van der Waals surface area contributed by atoms with Crippen molar-refractivity contribution in [1.82, 2.24) is 0 Å². The zero-order valence-electron chi connectivity index (χ0n) is 16.2. The third kappa shape index (κ3) is 2.52. The first-order chi connectivity index (χ1) is 13.9. The number of para-hydroxylation sites is 1. The van der Waals surface area contributed by atoms with Crippen molar-refractivity contribution in [2.24, 2.45) is 0 Å². The van der Waals surface area contributed by atoms with E-state index >= 15 is 0 Å². The van der Waals surface area contributed by atoms with Crippen molar-refractivity contribution < 1.29 is 19.1 Å². The van der Waals surface area contributed by atoms with E-state index in [-0.39, 0.29) is 5.92 Å². The topological polar surface area (TPSA) is 64.6 Å². The highest BCUT2D eigenvalue weighted by Gasteiger charge is 2.49. The average molecular weight is 405 g/mol. The number of anilines is 1. The molecule has 0 radical (unpaired) electrons. The predicted molar refractivity (Wildman–Crippen MR) is 113 cm³/mol. The summed E-state index contributed by atoms with van der Waals surface area (Å²) in [7, 11) is 1.58. The van der Waals surface area contributed by atoms with Crippen molar-refractivity contribution in [3.05, 3.63) is 65.2 Å². The van der Waals surface area contributed by atoms with Crippen LogP contribution in [0, 0.1) is 0 Å². The fourth-order valence-corrected chi connectivity index (χ4v) is 5.52. The lowest BCUT2D eigenvalue weighted by Crippen LogP contribution is -2.34. The molecular formula is C23H19NO4S. The molecular weight excluding hydrogens is 386 g/mol. The molecule has 0 spiro atoms. The Morgan fingerprint density at radius 1 is 1.03 bits per heavy atom. The van der Waals surface area contributed by atoms with Crippen LogP contribution in [0.1, 0.15) is 30.9 Å². The first-order valence-electron chi connectivity index (χ1n) is 9.36. The molecule has 0 bridgehead atoms. The third-order valence-corrected chi connectivity index (χ3v) is 6.75. The molecule has 1 aromatic heterocycles. The minimum atomic E-state index is -0.618. The van der Waals surface area contributed by atoms with Crippen LogP contribution < -0.4 is 10.1 Å². The van der Waals surface area contributed by atoms with Crippen LogP contribution in [0.25, 0.3) is 15.7 Å². The molecule has 0 saturated heterocycles. The number of hydrogen-bond donors (Lipinski definition) is 1. The number of nitrogens with one attached hydrogen (secondary N) is 1. The van der Waals surface area contributed by atoms with E-state index < -0.39 is 17.5 Å². The standard InChI is InChI=1S/C23H19NO4S/c1-23(2)19(12-8-4-6-10-14(12)24-23)18-17(20(25)28-21(18)26)16-13-9-5-7-11-15(13)29-22(16)27-3/h4-11,19,24H,1-3H3. The molecule has 1 atom stereocenters. The molecule has 6 heteroatoms. The normalized spacial score (nSPS) is 20.0. The van der Waals surface area contributed by atoms with E-state index in [1.807, 2.05) is 62.4 Å². The van der Waals surface area contributed by atoms with Gasteiger partial charge in [-0.15, -0.1) is 0 Å². The van der Waals surface area contributed by atoms with Crippen LogP contribution in [-0.2, 0) is 14.3 Å². The van der Waals surface area contributed by atoms with Gasteiger partial charge in [0.1, 0.15) is 0 Å². The van der Waals surface area contributed by atoms with Gasteiger partial charge in [0.15, 0.2) is 5.06 Å². The smallest absolute Gasteiger partial charge is 0.347 e. The van der Waals surface area contributed by atoms with Gasteiger partial charge in [0.05, 0.1) is 23.8 Å². The van der Waals surface area contributed by atoms with Crippen molar-refractivity contribution in [2.45, 2.75) is 25.3 Å². The Morgan fingerprint density at radius 2 is 1.76 bits per heavy atom. The Hall–Kier alpha value is -3.12. The summed E-state index contributed by atoms with van der Waals surface area (Å²) in [6, 6.07) is 15.6. The molecule has 1 unspecified atom stereocenters. The number of thiophene rings is 1.